The molecule has 0 bridgehead atoms. The van der Waals surface area contributed by atoms with E-state index in [9.17, 15) is 9.59 Å². The number of rotatable bonds is 3. The van der Waals surface area contributed by atoms with Crippen molar-refractivity contribution < 1.29 is 4.79 Å². The highest BCUT2D eigenvalue weighted by Gasteiger charge is 2.21. The van der Waals surface area contributed by atoms with E-state index in [0.29, 0.717) is 31.4 Å². The smallest absolute Gasteiger partial charge is 0.263 e. The molecule has 26 heavy (non-hydrogen) atoms. The molecule has 4 rings (SSSR count). The normalized spacial score (nSPS) is 14.3. The molecule has 0 N–H and O–H groups in total. The molecule has 134 valence electrons. The fourth-order valence-corrected chi connectivity index (χ4v) is 4.50. The summed E-state index contributed by atoms with van der Waals surface area (Å²) in [4.78, 5) is 32.2. The van der Waals surface area contributed by atoms with Gasteiger partial charge in [-0.05, 0) is 18.9 Å². The van der Waals surface area contributed by atoms with Gasteiger partial charge in [0.1, 0.15) is 11.4 Å². The van der Waals surface area contributed by atoms with E-state index in [0.717, 1.165) is 25.9 Å². The van der Waals surface area contributed by atoms with Crippen LogP contribution in [0.1, 0.15) is 12.8 Å². The standard InChI is InChI=1S/C18H15Cl2N3O2S/c19-13-5-3-4-11(16(13)20)12-9-26-17-15(12)18(25)23(10-21-17)8-14(24)22-6-1-2-7-22/h3-5,9-10H,1-2,6-8H2. The summed E-state index contributed by atoms with van der Waals surface area (Å²) in [5.41, 5.74) is 1.14. The van der Waals surface area contributed by atoms with Gasteiger partial charge in [0, 0.05) is 29.6 Å². The second-order valence-electron chi connectivity index (χ2n) is 6.20. The monoisotopic (exact) mass is 407 g/mol. The van der Waals surface area contributed by atoms with E-state index >= 15 is 0 Å². The molecule has 1 aliphatic rings. The molecule has 1 aromatic carbocycles. The largest absolute Gasteiger partial charge is 0.341 e. The van der Waals surface area contributed by atoms with E-state index in [-0.39, 0.29) is 18.0 Å². The van der Waals surface area contributed by atoms with Crippen LogP contribution in [0.3, 0.4) is 0 Å². The molecule has 0 spiro atoms. The van der Waals surface area contributed by atoms with Crippen molar-refractivity contribution in [3.8, 4) is 11.1 Å². The number of carbonyl (C=O) groups is 1. The first kappa shape index (κ1) is 17.5. The molecule has 0 radical (unpaired) electrons. The number of benzene rings is 1. The first-order valence-corrected chi connectivity index (χ1v) is 9.88. The zero-order chi connectivity index (χ0) is 18.3. The number of thiophene rings is 1. The predicted octanol–water partition coefficient (Wildman–Crippen LogP) is 4.05. The average Bonchev–Trinajstić information content (AvgIpc) is 3.30. The number of likely N-dealkylation sites (tertiary alicyclic amines) is 1. The molecule has 1 aliphatic heterocycles. The Labute approximate surface area is 163 Å². The van der Waals surface area contributed by atoms with Gasteiger partial charge >= 0.3 is 0 Å². The highest BCUT2D eigenvalue weighted by molar-refractivity contribution is 7.17. The van der Waals surface area contributed by atoms with Crippen LogP contribution in [0.25, 0.3) is 21.3 Å². The van der Waals surface area contributed by atoms with Gasteiger partial charge in [0.15, 0.2) is 0 Å². The third kappa shape index (κ3) is 3.02. The van der Waals surface area contributed by atoms with E-state index in [4.69, 9.17) is 23.2 Å². The lowest BCUT2D eigenvalue weighted by Gasteiger charge is -2.15. The Hall–Kier alpha value is -1.89. The van der Waals surface area contributed by atoms with Gasteiger partial charge in [-0.1, -0.05) is 35.3 Å². The summed E-state index contributed by atoms with van der Waals surface area (Å²) in [5.74, 6) is -0.0525. The maximum absolute atomic E-state index is 13.0. The van der Waals surface area contributed by atoms with E-state index in [1.807, 2.05) is 11.4 Å². The molecule has 2 aromatic heterocycles. The molecular formula is C18H15Cl2N3O2S. The van der Waals surface area contributed by atoms with Crippen LogP contribution in [-0.2, 0) is 11.3 Å². The van der Waals surface area contributed by atoms with Crippen molar-refractivity contribution in [1.82, 2.24) is 14.5 Å². The molecule has 1 saturated heterocycles. The van der Waals surface area contributed by atoms with Crippen LogP contribution in [0.5, 0.6) is 0 Å². The summed E-state index contributed by atoms with van der Waals surface area (Å²) < 4.78 is 1.37. The van der Waals surface area contributed by atoms with Crippen molar-refractivity contribution >= 4 is 50.7 Å². The summed E-state index contributed by atoms with van der Waals surface area (Å²) in [6.45, 7) is 1.51. The molecule has 1 fully saturated rings. The Balaban J connectivity index is 1.78. The summed E-state index contributed by atoms with van der Waals surface area (Å²) in [6.07, 6.45) is 3.47. The van der Waals surface area contributed by atoms with Crippen LogP contribution >= 0.6 is 34.5 Å². The van der Waals surface area contributed by atoms with Gasteiger partial charge in [0.05, 0.1) is 21.8 Å². The number of aromatic nitrogens is 2. The van der Waals surface area contributed by atoms with Crippen molar-refractivity contribution in [3.05, 3.63) is 50.3 Å². The zero-order valence-corrected chi connectivity index (χ0v) is 16.1. The van der Waals surface area contributed by atoms with Crippen molar-refractivity contribution in [3.63, 3.8) is 0 Å². The lowest BCUT2D eigenvalue weighted by Crippen LogP contribution is -2.34. The van der Waals surface area contributed by atoms with Crippen molar-refractivity contribution in [1.29, 1.82) is 0 Å². The van der Waals surface area contributed by atoms with E-state index in [1.165, 1.54) is 22.2 Å². The minimum Gasteiger partial charge on any atom is -0.341 e. The van der Waals surface area contributed by atoms with E-state index in [1.54, 1.807) is 17.0 Å². The Morgan fingerprint density at radius 1 is 1.19 bits per heavy atom. The van der Waals surface area contributed by atoms with Gasteiger partial charge < -0.3 is 4.90 Å². The van der Waals surface area contributed by atoms with Gasteiger partial charge in [-0.3, -0.25) is 14.2 Å². The number of amides is 1. The van der Waals surface area contributed by atoms with E-state index in [2.05, 4.69) is 4.98 Å². The predicted molar refractivity (Wildman–Crippen MR) is 105 cm³/mol. The van der Waals surface area contributed by atoms with Gasteiger partial charge in [-0.2, -0.15) is 0 Å². The molecule has 0 atom stereocenters. The highest BCUT2D eigenvalue weighted by atomic mass is 35.5. The summed E-state index contributed by atoms with van der Waals surface area (Å²) >= 11 is 13.8. The van der Waals surface area contributed by atoms with Gasteiger partial charge in [0.25, 0.3) is 5.56 Å². The average molecular weight is 408 g/mol. The molecule has 3 aromatic rings. The first-order valence-electron chi connectivity index (χ1n) is 8.25. The maximum Gasteiger partial charge on any atom is 0.263 e. The lowest BCUT2D eigenvalue weighted by atomic mass is 10.1. The quantitative estimate of drug-likeness (QED) is 0.657. The van der Waals surface area contributed by atoms with Crippen LogP contribution < -0.4 is 5.56 Å². The van der Waals surface area contributed by atoms with Crippen LogP contribution in [0, 0.1) is 0 Å². The van der Waals surface area contributed by atoms with Crippen LogP contribution in [0.4, 0.5) is 0 Å². The maximum atomic E-state index is 13.0. The van der Waals surface area contributed by atoms with Gasteiger partial charge in [-0.25, -0.2) is 4.98 Å². The third-order valence-corrected chi connectivity index (χ3v) is 6.27. The second-order valence-corrected chi connectivity index (χ2v) is 7.84. The number of halogens is 2. The topological polar surface area (TPSA) is 55.2 Å². The van der Waals surface area contributed by atoms with Gasteiger partial charge in [0.2, 0.25) is 5.91 Å². The molecule has 5 nitrogen and oxygen atoms in total. The van der Waals surface area contributed by atoms with Crippen LogP contribution in [0.15, 0.2) is 34.7 Å². The summed E-state index contributed by atoms with van der Waals surface area (Å²) in [6, 6.07) is 5.31. The minimum absolute atomic E-state index is 0.000335. The van der Waals surface area contributed by atoms with Crippen LogP contribution in [0.2, 0.25) is 10.0 Å². The number of carbonyl (C=O) groups excluding carboxylic acids is 1. The SMILES string of the molecule is O=C(Cn1cnc2scc(-c3cccc(Cl)c3Cl)c2c1=O)N1CCCC1. The van der Waals surface area contributed by atoms with Crippen molar-refractivity contribution in [2.24, 2.45) is 0 Å². The highest BCUT2D eigenvalue weighted by Crippen LogP contribution is 2.38. The molecule has 0 saturated carbocycles. The van der Waals surface area contributed by atoms with Gasteiger partial charge in [-0.15, -0.1) is 11.3 Å². The lowest BCUT2D eigenvalue weighted by molar-refractivity contribution is -0.130. The number of nitrogens with zero attached hydrogens (tertiary/aromatic N) is 3. The molecule has 0 unspecified atom stereocenters. The zero-order valence-electron chi connectivity index (χ0n) is 13.7. The number of hydrogen-bond donors (Lipinski definition) is 0. The summed E-state index contributed by atoms with van der Waals surface area (Å²) in [7, 11) is 0. The Kier molecular flexibility index (Phi) is 4.73. The third-order valence-electron chi connectivity index (χ3n) is 4.57. The summed E-state index contributed by atoms with van der Waals surface area (Å²) in [5, 5.41) is 3.15. The molecule has 3 heterocycles. The molecule has 0 aliphatic carbocycles. The molecular weight excluding hydrogens is 393 g/mol. The number of hydrogen-bond acceptors (Lipinski definition) is 4. The van der Waals surface area contributed by atoms with Crippen molar-refractivity contribution in [2.75, 3.05) is 13.1 Å². The van der Waals surface area contributed by atoms with Crippen molar-refractivity contribution in [2.45, 2.75) is 19.4 Å². The van der Waals surface area contributed by atoms with Crippen LogP contribution in [-0.4, -0.2) is 33.4 Å². The minimum atomic E-state index is -0.241. The fraction of sp³-hybridized carbons (Fsp3) is 0.278. The first-order chi connectivity index (χ1) is 12.6. The Bertz CT molecular complexity index is 1050. The molecule has 1 amide bonds. The Morgan fingerprint density at radius 3 is 2.73 bits per heavy atom. The fourth-order valence-electron chi connectivity index (χ4n) is 3.20. The Morgan fingerprint density at radius 2 is 1.96 bits per heavy atom. The van der Waals surface area contributed by atoms with E-state index < -0.39 is 0 Å². The second kappa shape index (κ2) is 7.02. The number of fused-ring (bicyclic) bond motifs is 1. The molecule has 8 heteroatoms.